The minimum Gasteiger partial charge on any atom is -0.497 e. The van der Waals surface area contributed by atoms with Crippen molar-refractivity contribution in [1.29, 1.82) is 0 Å². The van der Waals surface area contributed by atoms with Gasteiger partial charge in [0, 0.05) is 34.8 Å². The Hall–Kier alpha value is -2.86. The molecule has 0 aliphatic heterocycles. The minimum atomic E-state index is 0.0753. The number of hydrogen-bond acceptors (Lipinski definition) is 5. The third-order valence-electron chi connectivity index (χ3n) is 5.02. The van der Waals surface area contributed by atoms with E-state index >= 15 is 0 Å². The lowest BCUT2D eigenvalue weighted by molar-refractivity contribution is -0.116. The van der Waals surface area contributed by atoms with Crippen LogP contribution < -0.4 is 15.4 Å². The summed E-state index contributed by atoms with van der Waals surface area (Å²) in [6.45, 7) is 2.21. The lowest BCUT2D eigenvalue weighted by atomic mass is 10.1. The van der Waals surface area contributed by atoms with Crippen LogP contribution in [0.15, 0.2) is 53.9 Å². The number of anilines is 3. The van der Waals surface area contributed by atoms with Gasteiger partial charge in [-0.05, 0) is 30.7 Å². The van der Waals surface area contributed by atoms with Crippen LogP contribution in [0.3, 0.4) is 0 Å². The van der Waals surface area contributed by atoms with Gasteiger partial charge in [0.25, 0.3) is 0 Å². The molecule has 0 fully saturated rings. The SMILES string of the molecule is CCCCCCCCC(=O)Nc1cccc(-c2csc(Nc3cccc(OC)c3)n2)c1. The highest BCUT2D eigenvalue weighted by Gasteiger charge is 2.08. The standard InChI is InChI=1S/C25H31N3O2S/c1-3-4-5-6-7-8-15-24(29)26-20-12-9-11-19(16-20)23-18-31-25(28-23)27-21-13-10-14-22(17-21)30-2/h9-14,16-18H,3-8,15H2,1-2H3,(H,26,29)(H,27,28). The average Bonchev–Trinajstić information content (AvgIpc) is 3.25. The molecule has 0 aliphatic carbocycles. The van der Waals surface area contributed by atoms with E-state index in [1.54, 1.807) is 18.4 Å². The number of unbranched alkanes of at least 4 members (excludes halogenated alkanes) is 5. The topological polar surface area (TPSA) is 63.2 Å². The van der Waals surface area contributed by atoms with Crippen molar-refractivity contribution in [3.8, 4) is 17.0 Å². The molecular formula is C25H31N3O2S. The fourth-order valence-electron chi connectivity index (χ4n) is 3.33. The third-order valence-corrected chi connectivity index (χ3v) is 5.78. The van der Waals surface area contributed by atoms with Crippen LogP contribution in [0.1, 0.15) is 51.9 Å². The number of benzene rings is 2. The van der Waals surface area contributed by atoms with Crippen LogP contribution in [-0.4, -0.2) is 18.0 Å². The van der Waals surface area contributed by atoms with Gasteiger partial charge in [0.15, 0.2) is 5.13 Å². The molecule has 0 saturated heterocycles. The summed E-state index contributed by atoms with van der Waals surface area (Å²) in [7, 11) is 1.65. The van der Waals surface area contributed by atoms with Gasteiger partial charge < -0.3 is 15.4 Å². The molecule has 0 unspecified atom stereocenters. The Morgan fingerprint density at radius 2 is 1.77 bits per heavy atom. The van der Waals surface area contributed by atoms with E-state index in [-0.39, 0.29) is 5.91 Å². The number of ether oxygens (including phenoxy) is 1. The maximum absolute atomic E-state index is 12.3. The molecule has 2 N–H and O–H groups in total. The van der Waals surface area contributed by atoms with Gasteiger partial charge in [-0.25, -0.2) is 4.98 Å². The van der Waals surface area contributed by atoms with Crippen molar-refractivity contribution in [2.45, 2.75) is 51.9 Å². The number of hydrogen-bond donors (Lipinski definition) is 2. The zero-order valence-electron chi connectivity index (χ0n) is 18.3. The van der Waals surface area contributed by atoms with Gasteiger partial charge in [0.1, 0.15) is 5.75 Å². The van der Waals surface area contributed by atoms with Crippen LogP contribution in [-0.2, 0) is 4.79 Å². The molecule has 1 heterocycles. The molecular weight excluding hydrogens is 406 g/mol. The van der Waals surface area contributed by atoms with Crippen molar-refractivity contribution in [2.75, 3.05) is 17.7 Å². The highest BCUT2D eigenvalue weighted by atomic mass is 32.1. The van der Waals surface area contributed by atoms with Crippen LogP contribution in [0, 0.1) is 0 Å². The summed E-state index contributed by atoms with van der Waals surface area (Å²) < 4.78 is 5.27. The van der Waals surface area contributed by atoms with Crippen molar-refractivity contribution in [2.24, 2.45) is 0 Å². The molecule has 0 bridgehead atoms. The lowest BCUT2D eigenvalue weighted by Crippen LogP contribution is -2.11. The smallest absolute Gasteiger partial charge is 0.224 e. The maximum Gasteiger partial charge on any atom is 0.224 e. The first-order valence-corrected chi connectivity index (χ1v) is 11.8. The van der Waals surface area contributed by atoms with Crippen LogP contribution >= 0.6 is 11.3 Å². The van der Waals surface area contributed by atoms with Crippen molar-refractivity contribution >= 4 is 33.8 Å². The van der Waals surface area contributed by atoms with Crippen LogP contribution in [0.4, 0.5) is 16.5 Å². The van der Waals surface area contributed by atoms with Gasteiger partial charge in [-0.3, -0.25) is 4.79 Å². The van der Waals surface area contributed by atoms with Crippen molar-refractivity contribution in [3.05, 3.63) is 53.9 Å². The summed E-state index contributed by atoms with van der Waals surface area (Å²) in [5.74, 6) is 0.873. The van der Waals surface area contributed by atoms with E-state index in [0.29, 0.717) is 6.42 Å². The minimum absolute atomic E-state index is 0.0753. The van der Waals surface area contributed by atoms with E-state index in [9.17, 15) is 4.79 Å². The van der Waals surface area contributed by atoms with Crippen molar-refractivity contribution in [1.82, 2.24) is 4.98 Å². The molecule has 3 aromatic rings. The molecule has 0 atom stereocenters. The predicted octanol–water partition coefficient (Wildman–Crippen LogP) is 7.25. The molecule has 0 radical (unpaired) electrons. The van der Waals surface area contributed by atoms with Gasteiger partial charge >= 0.3 is 0 Å². The number of nitrogens with one attached hydrogen (secondary N) is 2. The van der Waals surface area contributed by atoms with Gasteiger partial charge in [0.2, 0.25) is 5.91 Å². The lowest BCUT2D eigenvalue weighted by Gasteiger charge is -2.07. The monoisotopic (exact) mass is 437 g/mol. The molecule has 164 valence electrons. The molecule has 0 aliphatic rings. The molecule has 1 amide bonds. The molecule has 2 aromatic carbocycles. The number of methoxy groups -OCH3 is 1. The Morgan fingerprint density at radius 1 is 1.00 bits per heavy atom. The van der Waals surface area contributed by atoms with Crippen molar-refractivity contribution < 1.29 is 9.53 Å². The highest BCUT2D eigenvalue weighted by Crippen LogP contribution is 2.29. The second-order valence-electron chi connectivity index (χ2n) is 7.54. The quantitative estimate of drug-likeness (QED) is 0.293. The Balaban J connectivity index is 1.54. The van der Waals surface area contributed by atoms with E-state index in [4.69, 9.17) is 9.72 Å². The van der Waals surface area contributed by atoms with Gasteiger partial charge in [-0.15, -0.1) is 11.3 Å². The first-order valence-electron chi connectivity index (χ1n) is 10.9. The predicted molar refractivity (Wildman–Crippen MR) is 130 cm³/mol. The van der Waals surface area contributed by atoms with Gasteiger partial charge in [0.05, 0.1) is 12.8 Å². The number of rotatable bonds is 12. The molecule has 6 heteroatoms. The van der Waals surface area contributed by atoms with Crippen molar-refractivity contribution in [3.63, 3.8) is 0 Å². The molecule has 1 aromatic heterocycles. The summed E-state index contributed by atoms with van der Waals surface area (Å²) in [6.07, 6.45) is 7.65. The molecule has 0 spiro atoms. The second-order valence-corrected chi connectivity index (χ2v) is 8.40. The maximum atomic E-state index is 12.3. The Morgan fingerprint density at radius 3 is 2.61 bits per heavy atom. The normalized spacial score (nSPS) is 10.6. The van der Waals surface area contributed by atoms with Gasteiger partial charge in [-0.1, -0.05) is 57.2 Å². The summed E-state index contributed by atoms with van der Waals surface area (Å²) >= 11 is 1.54. The first-order chi connectivity index (χ1) is 15.2. The van der Waals surface area contributed by atoms with Gasteiger partial charge in [-0.2, -0.15) is 0 Å². The van der Waals surface area contributed by atoms with E-state index in [1.165, 1.54) is 25.7 Å². The number of carbonyl (C=O) groups excluding carboxylic acids is 1. The third kappa shape index (κ3) is 7.40. The summed E-state index contributed by atoms with van der Waals surface area (Å²) in [4.78, 5) is 17.0. The second kappa shape index (κ2) is 12.1. The summed E-state index contributed by atoms with van der Waals surface area (Å²) in [5, 5.41) is 9.16. The van der Waals surface area contributed by atoms with E-state index in [0.717, 1.165) is 46.4 Å². The number of thiazole rings is 1. The van der Waals surface area contributed by atoms with Crippen LogP contribution in [0.25, 0.3) is 11.3 Å². The number of amides is 1. The van der Waals surface area contributed by atoms with E-state index in [2.05, 4.69) is 17.6 Å². The first kappa shape index (κ1) is 22.8. The average molecular weight is 438 g/mol. The Kier molecular flexibility index (Phi) is 8.91. The highest BCUT2D eigenvalue weighted by molar-refractivity contribution is 7.14. The number of carbonyl (C=O) groups is 1. The fraction of sp³-hybridized carbons (Fsp3) is 0.360. The number of aromatic nitrogens is 1. The fourth-order valence-corrected chi connectivity index (χ4v) is 4.07. The Labute approximate surface area is 188 Å². The zero-order chi connectivity index (χ0) is 21.9. The summed E-state index contributed by atoms with van der Waals surface area (Å²) in [6, 6.07) is 15.6. The van der Waals surface area contributed by atoms with E-state index < -0.39 is 0 Å². The number of nitrogens with zero attached hydrogens (tertiary/aromatic N) is 1. The van der Waals surface area contributed by atoms with E-state index in [1.807, 2.05) is 53.9 Å². The largest absolute Gasteiger partial charge is 0.497 e. The summed E-state index contributed by atoms with van der Waals surface area (Å²) in [5.41, 5.74) is 3.59. The molecule has 31 heavy (non-hydrogen) atoms. The molecule has 0 saturated carbocycles. The van der Waals surface area contributed by atoms with Crippen LogP contribution in [0.5, 0.6) is 5.75 Å². The molecule has 3 rings (SSSR count). The molecule has 5 nitrogen and oxygen atoms in total. The zero-order valence-corrected chi connectivity index (χ0v) is 19.1. The Bertz CT molecular complexity index is 971. The van der Waals surface area contributed by atoms with Crippen LogP contribution in [0.2, 0.25) is 0 Å².